The summed E-state index contributed by atoms with van der Waals surface area (Å²) in [5.41, 5.74) is 0.433. The van der Waals surface area contributed by atoms with Crippen molar-refractivity contribution < 1.29 is 70.5 Å². The first-order chi connectivity index (χ1) is 25.6. The van der Waals surface area contributed by atoms with Gasteiger partial charge in [-0.15, -0.1) is 0 Å². The van der Waals surface area contributed by atoms with Crippen molar-refractivity contribution in [3.63, 3.8) is 0 Å². The normalized spacial score (nSPS) is 27.3. The largest absolute Gasteiger partial charge is 0.530 e. The molecule has 1 saturated heterocycles. The highest BCUT2D eigenvalue weighted by atomic mass is 31.2. The summed E-state index contributed by atoms with van der Waals surface area (Å²) in [5, 5.41) is 0. The quantitative estimate of drug-likeness (QED) is 0.0950. The van der Waals surface area contributed by atoms with Crippen LogP contribution in [0.25, 0.3) is 0 Å². The first-order valence-corrected chi connectivity index (χ1v) is 18.4. The molecule has 294 valence electrons. The van der Waals surface area contributed by atoms with E-state index in [1.807, 2.05) is 0 Å². The van der Waals surface area contributed by atoms with E-state index in [1.165, 1.54) is 17.7 Å². The van der Waals surface area contributed by atoms with Crippen LogP contribution in [0.3, 0.4) is 0 Å². The number of esters is 4. The summed E-state index contributed by atoms with van der Waals surface area (Å²) in [6.07, 6.45) is -2.83. The Hall–Kier alpha value is -4.65. The Kier molecular flexibility index (Phi) is 13.3. The van der Waals surface area contributed by atoms with Crippen LogP contribution in [0.4, 0.5) is 0 Å². The van der Waals surface area contributed by atoms with Crippen LogP contribution >= 0.6 is 7.82 Å². The number of aromatic nitrogens is 2. The van der Waals surface area contributed by atoms with Gasteiger partial charge in [-0.1, -0.05) is 24.3 Å². The Morgan fingerprint density at radius 3 is 2.31 bits per heavy atom. The standard InChI is InChI=1S/C34H41N2O17P/c1-18-14-36(34(42)35-32(18)41)27-12-11-25(51-27)16-47-54(43)46-15-24-9-6-8-23(28(24)53-54)10-7-13-44-33-31(50-22(5)40)30(49-21(4)39)29(48-20(3)38)26(52-33)17-45-19(2)37/h6,8-9,11-12,14,25-27,29-31,33H,7,10,13,15-17H2,1-5H3,(H,35,41,42)/t25-,26+,27+,29+,30-,31+,33-,54?/m0/s1. The lowest BCUT2D eigenvalue weighted by Gasteiger charge is -2.44. The monoisotopic (exact) mass is 780 g/mol. The number of carbonyl (C=O) groups is 4. The number of hydrogen-bond acceptors (Lipinski definition) is 17. The number of ether oxygens (including phenoxy) is 7. The van der Waals surface area contributed by atoms with Gasteiger partial charge in [0.2, 0.25) is 0 Å². The molecule has 0 spiro atoms. The fourth-order valence-electron chi connectivity index (χ4n) is 5.88. The van der Waals surface area contributed by atoms with Gasteiger partial charge < -0.3 is 37.7 Å². The number of para-hydroxylation sites is 1. The first kappa shape index (κ1) is 40.5. The van der Waals surface area contributed by atoms with Gasteiger partial charge >= 0.3 is 37.4 Å². The lowest BCUT2D eigenvalue weighted by molar-refractivity contribution is -0.308. The van der Waals surface area contributed by atoms with Crippen molar-refractivity contribution in [1.29, 1.82) is 0 Å². The zero-order valence-electron chi connectivity index (χ0n) is 30.1. The Bertz CT molecular complexity index is 1920. The topological polar surface area (TPSA) is 233 Å². The van der Waals surface area contributed by atoms with Gasteiger partial charge in [-0.2, -0.15) is 0 Å². The highest BCUT2D eigenvalue weighted by Gasteiger charge is 2.52. The molecule has 20 heteroatoms. The van der Waals surface area contributed by atoms with Gasteiger partial charge in [0.05, 0.1) is 19.8 Å². The van der Waals surface area contributed by atoms with Gasteiger partial charge in [-0.25, -0.2) is 9.36 Å². The highest BCUT2D eigenvalue weighted by Crippen LogP contribution is 2.55. The third-order valence-electron chi connectivity index (χ3n) is 8.20. The summed E-state index contributed by atoms with van der Waals surface area (Å²) in [6.45, 7) is 5.39. The fraction of sp³-hybridized carbons (Fsp3) is 0.529. The van der Waals surface area contributed by atoms with Crippen LogP contribution in [-0.4, -0.2) is 90.1 Å². The molecule has 3 aliphatic heterocycles. The number of rotatable bonds is 14. The fourth-order valence-corrected chi connectivity index (χ4v) is 7.15. The Balaban J connectivity index is 1.21. The van der Waals surface area contributed by atoms with Gasteiger partial charge in [0, 0.05) is 45.0 Å². The molecule has 0 saturated carbocycles. The van der Waals surface area contributed by atoms with Crippen LogP contribution in [0, 0.1) is 6.92 Å². The number of nitrogens with one attached hydrogen (secondary N) is 1. The van der Waals surface area contributed by atoms with Crippen LogP contribution in [0.5, 0.6) is 5.75 Å². The van der Waals surface area contributed by atoms with Crippen LogP contribution in [-0.2, 0) is 79.0 Å². The molecular formula is C34H41N2O17P. The van der Waals surface area contributed by atoms with E-state index in [0.717, 1.165) is 20.8 Å². The molecule has 1 N–H and O–H groups in total. The molecule has 1 aromatic carbocycles. The number of phosphoric acid groups is 1. The van der Waals surface area contributed by atoms with E-state index < -0.39 is 92.6 Å². The van der Waals surface area contributed by atoms with E-state index in [1.54, 1.807) is 37.3 Å². The molecule has 19 nitrogen and oxygen atoms in total. The van der Waals surface area contributed by atoms with E-state index in [9.17, 15) is 33.3 Å². The van der Waals surface area contributed by atoms with Gasteiger partial charge in [-0.3, -0.25) is 42.6 Å². The lowest BCUT2D eigenvalue weighted by atomic mass is 9.98. The second-order valence-corrected chi connectivity index (χ2v) is 14.1. The molecule has 1 unspecified atom stereocenters. The summed E-state index contributed by atoms with van der Waals surface area (Å²) in [5.74, 6) is -2.63. The van der Waals surface area contributed by atoms with Crippen LogP contribution in [0.15, 0.2) is 46.1 Å². The Labute approximate surface area is 308 Å². The van der Waals surface area contributed by atoms with Crippen molar-refractivity contribution >= 4 is 31.7 Å². The summed E-state index contributed by atoms with van der Waals surface area (Å²) in [4.78, 5) is 74.0. The predicted octanol–water partition coefficient (Wildman–Crippen LogP) is 2.06. The SMILES string of the molecule is CC(=O)OC[C@H]1O[C@H](OCCCc2cccc3c2OP(=O)(OC[C@@H]2C=C[C@H](n4cc(C)c(=O)[nH]c4=O)O2)OC3)[C@H](OC(C)=O)[C@@H](OC(C)=O)[C@@H]1OC(C)=O. The van der Waals surface area contributed by atoms with E-state index in [4.69, 9.17) is 46.7 Å². The van der Waals surface area contributed by atoms with E-state index >= 15 is 0 Å². The van der Waals surface area contributed by atoms with Crippen LogP contribution < -0.4 is 15.8 Å². The molecule has 3 aliphatic rings. The minimum atomic E-state index is -4.12. The molecule has 2 aromatic rings. The second kappa shape index (κ2) is 17.7. The van der Waals surface area contributed by atoms with Crippen molar-refractivity contribution in [3.8, 4) is 5.75 Å². The average Bonchev–Trinajstić information content (AvgIpc) is 3.57. The van der Waals surface area contributed by atoms with Crippen molar-refractivity contribution in [2.24, 2.45) is 0 Å². The summed E-state index contributed by atoms with van der Waals surface area (Å²) >= 11 is 0. The van der Waals surface area contributed by atoms with Crippen LogP contribution in [0.1, 0.15) is 57.0 Å². The minimum absolute atomic E-state index is 0.00744. The third kappa shape index (κ3) is 10.3. The van der Waals surface area contributed by atoms with E-state index in [0.29, 0.717) is 35.3 Å². The molecule has 4 heterocycles. The number of H-pyrrole nitrogens is 1. The predicted molar refractivity (Wildman–Crippen MR) is 181 cm³/mol. The molecule has 1 fully saturated rings. The third-order valence-corrected chi connectivity index (χ3v) is 9.52. The number of carbonyl (C=O) groups excluding carboxylic acids is 4. The van der Waals surface area contributed by atoms with E-state index in [2.05, 4.69) is 4.98 Å². The second-order valence-electron chi connectivity index (χ2n) is 12.5. The zero-order valence-corrected chi connectivity index (χ0v) is 31.0. The van der Waals surface area contributed by atoms with Crippen LogP contribution in [0.2, 0.25) is 0 Å². The Morgan fingerprint density at radius 2 is 1.61 bits per heavy atom. The molecule has 0 aliphatic carbocycles. The maximum absolute atomic E-state index is 13.6. The summed E-state index contributed by atoms with van der Waals surface area (Å²) in [6, 6.07) is 5.28. The lowest BCUT2D eigenvalue weighted by Crippen LogP contribution is -2.63. The first-order valence-electron chi connectivity index (χ1n) is 16.9. The van der Waals surface area contributed by atoms with Crippen molar-refractivity contribution in [2.75, 3.05) is 19.8 Å². The van der Waals surface area contributed by atoms with Gasteiger partial charge in [-0.05, 0) is 31.4 Å². The molecule has 1 aromatic heterocycles. The van der Waals surface area contributed by atoms with Gasteiger partial charge in [0.15, 0.2) is 30.8 Å². The smallest absolute Gasteiger partial charge is 0.463 e. The molecule has 0 amide bonds. The van der Waals surface area contributed by atoms with E-state index in [-0.39, 0.29) is 19.8 Å². The molecule has 0 bridgehead atoms. The number of phosphoric ester groups is 1. The molecule has 0 radical (unpaired) electrons. The summed E-state index contributed by atoms with van der Waals surface area (Å²) < 4.78 is 70.8. The molecule has 5 rings (SSSR count). The molecule has 54 heavy (non-hydrogen) atoms. The number of aryl methyl sites for hydroxylation is 2. The number of hydrogen-bond donors (Lipinski definition) is 1. The minimum Gasteiger partial charge on any atom is -0.463 e. The zero-order chi connectivity index (χ0) is 39.2. The number of benzene rings is 1. The van der Waals surface area contributed by atoms with Crippen molar-refractivity contribution in [1.82, 2.24) is 9.55 Å². The number of nitrogens with zero attached hydrogens (tertiary/aromatic N) is 1. The van der Waals surface area contributed by atoms with Crippen molar-refractivity contribution in [3.05, 3.63) is 74.1 Å². The maximum atomic E-state index is 13.6. The highest BCUT2D eigenvalue weighted by molar-refractivity contribution is 7.49. The van der Waals surface area contributed by atoms with Crippen molar-refractivity contribution in [2.45, 2.75) is 97.1 Å². The number of fused-ring (bicyclic) bond motifs is 1. The van der Waals surface area contributed by atoms with Gasteiger partial charge in [0.25, 0.3) is 5.56 Å². The average molecular weight is 781 g/mol. The van der Waals surface area contributed by atoms with Gasteiger partial charge in [0.1, 0.15) is 24.6 Å². The number of aromatic amines is 1. The summed E-state index contributed by atoms with van der Waals surface area (Å²) in [7, 11) is -4.12. The Morgan fingerprint density at radius 1 is 0.907 bits per heavy atom. The maximum Gasteiger partial charge on any atom is 0.530 e. The molecular weight excluding hydrogens is 739 g/mol. The molecule has 8 atom stereocenters.